The Bertz CT molecular complexity index is 458. The molecular weight excluding hydrogens is 274 g/mol. The molecule has 0 fully saturated rings. The second-order valence-corrected chi connectivity index (χ2v) is 8.08. The molecule has 2 unspecified atom stereocenters. The van der Waals surface area contributed by atoms with Crippen LogP contribution in [0.4, 0.5) is 0 Å². The van der Waals surface area contributed by atoms with E-state index >= 15 is 0 Å². The van der Waals surface area contributed by atoms with Crippen LogP contribution < -0.4 is 4.72 Å². The molecule has 0 spiro atoms. The summed E-state index contributed by atoms with van der Waals surface area (Å²) in [7, 11) is 0. The second kappa shape index (κ2) is 6.16. The fraction of sp³-hybridized carbons (Fsp3) is 0.533. The SMILES string of the molecule is CC(C(=O)O)C(C)(N[S@+]([O-])C(C)(C)C)c1ccccc1. The summed E-state index contributed by atoms with van der Waals surface area (Å²) >= 11 is -1.36. The topological polar surface area (TPSA) is 72.4 Å². The van der Waals surface area contributed by atoms with Crippen LogP contribution in [0.3, 0.4) is 0 Å². The van der Waals surface area contributed by atoms with Gasteiger partial charge in [-0.05, 0) is 40.2 Å². The molecule has 0 aliphatic carbocycles. The number of benzene rings is 1. The van der Waals surface area contributed by atoms with E-state index in [4.69, 9.17) is 0 Å². The molecule has 0 aliphatic rings. The highest BCUT2D eigenvalue weighted by molar-refractivity contribution is 7.90. The molecule has 0 radical (unpaired) electrons. The van der Waals surface area contributed by atoms with Gasteiger partial charge < -0.3 is 9.66 Å². The smallest absolute Gasteiger partial charge is 0.308 e. The number of nitrogens with one attached hydrogen (secondary N) is 1. The molecule has 5 heteroatoms. The molecule has 0 aromatic heterocycles. The van der Waals surface area contributed by atoms with Crippen molar-refractivity contribution in [3.05, 3.63) is 35.9 Å². The highest BCUT2D eigenvalue weighted by Gasteiger charge is 2.43. The highest BCUT2D eigenvalue weighted by atomic mass is 32.2. The summed E-state index contributed by atoms with van der Waals surface area (Å²) in [6.45, 7) is 8.97. The van der Waals surface area contributed by atoms with Gasteiger partial charge in [0.2, 0.25) is 0 Å². The average molecular weight is 297 g/mol. The number of hydrogen-bond acceptors (Lipinski definition) is 3. The quantitative estimate of drug-likeness (QED) is 0.820. The van der Waals surface area contributed by atoms with Gasteiger partial charge in [-0.2, -0.15) is 0 Å². The highest BCUT2D eigenvalue weighted by Crippen LogP contribution is 2.32. The lowest BCUT2D eigenvalue weighted by Crippen LogP contribution is -2.54. The molecule has 1 rings (SSSR count). The molecule has 112 valence electrons. The van der Waals surface area contributed by atoms with Crippen molar-refractivity contribution in [2.24, 2.45) is 5.92 Å². The van der Waals surface area contributed by atoms with Crippen molar-refractivity contribution in [1.29, 1.82) is 0 Å². The fourth-order valence-corrected chi connectivity index (χ4v) is 2.76. The third-order valence-electron chi connectivity index (χ3n) is 3.47. The van der Waals surface area contributed by atoms with E-state index in [0.717, 1.165) is 5.56 Å². The van der Waals surface area contributed by atoms with Crippen molar-refractivity contribution in [3.8, 4) is 0 Å². The first-order chi connectivity index (χ1) is 9.09. The van der Waals surface area contributed by atoms with Crippen LogP contribution in [0.25, 0.3) is 0 Å². The van der Waals surface area contributed by atoms with E-state index in [1.54, 1.807) is 13.8 Å². The van der Waals surface area contributed by atoms with Gasteiger partial charge in [-0.3, -0.25) is 4.79 Å². The van der Waals surface area contributed by atoms with Gasteiger partial charge in [-0.1, -0.05) is 30.3 Å². The summed E-state index contributed by atoms with van der Waals surface area (Å²) in [6.07, 6.45) is 0. The molecule has 0 saturated heterocycles. The Morgan fingerprint density at radius 2 is 1.75 bits per heavy atom. The number of carboxylic acids is 1. The normalized spacial score (nSPS) is 18.1. The third kappa shape index (κ3) is 3.75. The number of carboxylic acid groups (broad SMARTS) is 1. The Morgan fingerprint density at radius 1 is 1.25 bits per heavy atom. The first-order valence-electron chi connectivity index (χ1n) is 6.57. The van der Waals surface area contributed by atoms with Gasteiger partial charge in [-0.15, -0.1) is 4.72 Å². The molecule has 1 aromatic rings. The molecule has 0 saturated carbocycles. The molecule has 4 nitrogen and oxygen atoms in total. The van der Waals surface area contributed by atoms with Crippen molar-refractivity contribution < 1.29 is 14.5 Å². The Kier molecular flexibility index (Phi) is 5.24. The minimum Gasteiger partial charge on any atom is -0.598 e. The fourth-order valence-electron chi connectivity index (χ4n) is 1.77. The molecular formula is C15H23NO3S. The van der Waals surface area contributed by atoms with E-state index in [0.29, 0.717) is 0 Å². The zero-order valence-electron chi connectivity index (χ0n) is 12.6. The maximum atomic E-state index is 12.4. The first-order valence-corrected chi connectivity index (χ1v) is 7.72. The Hall–Kier alpha value is -1.04. The molecule has 1 aromatic carbocycles. The summed E-state index contributed by atoms with van der Waals surface area (Å²) < 4.78 is 14.9. The zero-order chi connectivity index (χ0) is 15.6. The minimum atomic E-state index is -1.36. The molecule has 0 aliphatic heterocycles. The maximum Gasteiger partial charge on any atom is 0.308 e. The van der Waals surface area contributed by atoms with Crippen molar-refractivity contribution in [1.82, 2.24) is 4.72 Å². The van der Waals surface area contributed by atoms with Crippen LogP contribution in [0, 0.1) is 5.92 Å². The van der Waals surface area contributed by atoms with Crippen LogP contribution in [0.5, 0.6) is 0 Å². The van der Waals surface area contributed by atoms with Crippen LogP contribution in [0.1, 0.15) is 40.2 Å². The predicted molar refractivity (Wildman–Crippen MR) is 81.6 cm³/mol. The monoisotopic (exact) mass is 297 g/mol. The Morgan fingerprint density at radius 3 is 2.15 bits per heavy atom. The standard InChI is InChI=1S/C15H23NO3S/c1-11(13(17)18)15(5,12-9-7-6-8-10-12)16-20(19)14(2,3)4/h6-11,16H,1-5H3,(H,17,18)/t11?,15?,20-/m1/s1. The number of carbonyl (C=O) groups is 1. The summed E-state index contributed by atoms with van der Waals surface area (Å²) in [6, 6.07) is 9.28. The second-order valence-electron chi connectivity index (χ2n) is 6.11. The predicted octanol–water partition coefficient (Wildman–Crippen LogP) is 2.67. The van der Waals surface area contributed by atoms with Gasteiger partial charge in [-0.25, -0.2) is 0 Å². The van der Waals surface area contributed by atoms with Crippen LogP contribution >= 0.6 is 0 Å². The van der Waals surface area contributed by atoms with Crippen molar-refractivity contribution >= 4 is 17.3 Å². The molecule has 0 bridgehead atoms. The molecule has 2 N–H and O–H groups in total. The molecule has 0 amide bonds. The van der Waals surface area contributed by atoms with Crippen LogP contribution in [-0.4, -0.2) is 20.4 Å². The Labute approximate surface area is 123 Å². The van der Waals surface area contributed by atoms with Gasteiger partial charge in [0.15, 0.2) is 0 Å². The summed E-state index contributed by atoms with van der Waals surface area (Å²) in [5, 5.41) is 9.36. The van der Waals surface area contributed by atoms with Crippen LogP contribution in [-0.2, 0) is 21.7 Å². The van der Waals surface area contributed by atoms with Gasteiger partial charge in [0, 0.05) is 11.4 Å². The maximum absolute atomic E-state index is 12.4. The lowest BCUT2D eigenvalue weighted by atomic mass is 9.81. The minimum absolute atomic E-state index is 0.464. The van der Waals surface area contributed by atoms with Gasteiger partial charge in [0.25, 0.3) is 0 Å². The van der Waals surface area contributed by atoms with Crippen LogP contribution in [0.2, 0.25) is 0 Å². The van der Waals surface area contributed by atoms with Crippen molar-refractivity contribution in [2.45, 2.75) is 44.9 Å². The average Bonchev–Trinajstić information content (AvgIpc) is 2.37. The van der Waals surface area contributed by atoms with E-state index in [1.807, 2.05) is 51.1 Å². The molecule has 20 heavy (non-hydrogen) atoms. The van der Waals surface area contributed by atoms with E-state index in [2.05, 4.69) is 4.72 Å². The largest absolute Gasteiger partial charge is 0.598 e. The Balaban J connectivity index is 3.19. The number of aliphatic carboxylic acids is 1. The summed E-state index contributed by atoms with van der Waals surface area (Å²) in [5.41, 5.74) is -0.0851. The third-order valence-corrected chi connectivity index (χ3v) is 5.19. The number of hydrogen-bond donors (Lipinski definition) is 2. The van der Waals surface area contributed by atoms with Crippen LogP contribution in [0.15, 0.2) is 30.3 Å². The van der Waals surface area contributed by atoms with E-state index in [1.165, 1.54) is 0 Å². The van der Waals surface area contributed by atoms with Gasteiger partial charge in [0.1, 0.15) is 4.75 Å². The first kappa shape index (κ1) is 17.0. The van der Waals surface area contributed by atoms with E-state index in [9.17, 15) is 14.5 Å². The lowest BCUT2D eigenvalue weighted by Gasteiger charge is -2.37. The number of rotatable bonds is 5. The lowest BCUT2D eigenvalue weighted by molar-refractivity contribution is -0.143. The summed E-state index contributed by atoms with van der Waals surface area (Å²) in [4.78, 5) is 11.4. The molecule has 3 atom stereocenters. The van der Waals surface area contributed by atoms with Gasteiger partial charge >= 0.3 is 5.97 Å². The summed E-state index contributed by atoms with van der Waals surface area (Å²) in [5.74, 6) is -1.63. The van der Waals surface area contributed by atoms with E-state index in [-0.39, 0.29) is 0 Å². The van der Waals surface area contributed by atoms with E-state index < -0.39 is 33.5 Å². The zero-order valence-corrected chi connectivity index (χ0v) is 13.5. The van der Waals surface area contributed by atoms with Crippen molar-refractivity contribution in [2.75, 3.05) is 0 Å². The van der Waals surface area contributed by atoms with Gasteiger partial charge in [0.05, 0.1) is 11.5 Å². The molecule has 0 heterocycles. The van der Waals surface area contributed by atoms with Crippen molar-refractivity contribution in [3.63, 3.8) is 0 Å².